The molecule has 6 unspecified atom stereocenters. The molecule has 10 aliphatic rings. The molecule has 0 amide bonds. The maximum absolute atomic E-state index is 5.41. The Hall–Kier alpha value is -3.82. The normalized spacial score (nSPS) is 33.8. The van der Waals surface area contributed by atoms with Gasteiger partial charge in [0.15, 0.2) is 0 Å². The molecule has 2 aliphatic heterocycles. The summed E-state index contributed by atoms with van der Waals surface area (Å²) in [6, 6.07) is 5.44. The van der Waals surface area contributed by atoms with Gasteiger partial charge in [0.05, 0.1) is 0 Å². The van der Waals surface area contributed by atoms with Crippen molar-refractivity contribution in [1.29, 1.82) is 0 Å². The van der Waals surface area contributed by atoms with Crippen LogP contribution in [0.1, 0.15) is 106 Å². The molecule has 52 heavy (non-hydrogen) atoms. The molecule has 0 radical (unpaired) electrons. The molecular formula is C49H50N2S. The van der Waals surface area contributed by atoms with Gasteiger partial charge in [-0.1, -0.05) is 154 Å². The molecule has 2 heterocycles. The van der Waals surface area contributed by atoms with Crippen LogP contribution in [0.2, 0.25) is 0 Å². The summed E-state index contributed by atoms with van der Waals surface area (Å²) in [6.45, 7) is 5.09. The van der Waals surface area contributed by atoms with E-state index in [0.717, 1.165) is 25.7 Å². The zero-order valence-electron chi connectivity index (χ0n) is 30.7. The third-order valence-electron chi connectivity index (χ3n) is 14.6. The third kappa shape index (κ3) is 4.53. The predicted molar refractivity (Wildman–Crippen MR) is 219 cm³/mol. The van der Waals surface area contributed by atoms with Crippen LogP contribution in [-0.2, 0) is 10.8 Å². The highest BCUT2D eigenvalue weighted by atomic mass is 32.2. The Morgan fingerprint density at radius 3 is 2.56 bits per heavy atom. The second-order valence-electron chi connectivity index (χ2n) is 17.5. The fourth-order valence-corrected chi connectivity index (χ4v) is 13.5. The van der Waals surface area contributed by atoms with Crippen LogP contribution < -0.4 is 5.32 Å². The van der Waals surface area contributed by atoms with Gasteiger partial charge in [-0.2, -0.15) is 0 Å². The van der Waals surface area contributed by atoms with Crippen molar-refractivity contribution >= 4 is 22.4 Å². The first-order valence-corrected chi connectivity index (χ1v) is 21.2. The van der Waals surface area contributed by atoms with Crippen LogP contribution in [0.25, 0.3) is 5.57 Å². The second-order valence-corrected chi connectivity index (χ2v) is 18.6. The van der Waals surface area contributed by atoms with Gasteiger partial charge in [-0.3, -0.25) is 0 Å². The Kier molecular flexibility index (Phi) is 7.21. The van der Waals surface area contributed by atoms with E-state index in [4.69, 9.17) is 4.99 Å². The number of thioether (sulfide) groups is 1. The average Bonchev–Trinajstić information content (AvgIpc) is 3.78. The topological polar surface area (TPSA) is 24.4 Å². The quantitative estimate of drug-likeness (QED) is 0.340. The average molecular weight is 699 g/mol. The number of hydrogen-bond donors (Lipinski definition) is 1. The van der Waals surface area contributed by atoms with Crippen LogP contribution in [0.3, 0.4) is 0 Å². The van der Waals surface area contributed by atoms with E-state index >= 15 is 0 Å². The van der Waals surface area contributed by atoms with Crippen LogP contribution in [-0.4, -0.2) is 11.2 Å². The van der Waals surface area contributed by atoms with Gasteiger partial charge in [-0.05, 0) is 100 Å². The minimum Gasteiger partial charge on any atom is -0.359 e. The van der Waals surface area contributed by atoms with Gasteiger partial charge in [0.25, 0.3) is 0 Å². The first-order chi connectivity index (χ1) is 25.5. The molecule has 2 fully saturated rings. The summed E-state index contributed by atoms with van der Waals surface area (Å²) in [5.74, 6) is 2.44. The molecule has 1 N–H and O–H groups in total. The summed E-state index contributed by atoms with van der Waals surface area (Å²) in [4.78, 5) is 6.86. The number of nitrogens with zero attached hydrogens (tertiary/aromatic N) is 1. The molecule has 6 atom stereocenters. The lowest BCUT2D eigenvalue weighted by molar-refractivity contribution is 0.240. The predicted octanol–water partition coefficient (Wildman–Crippen LogP) is 11.9. The second kappa shape index (κ2) is 11.8. The highest BCUT2D eigenvalue weighted by Crippen LogP contribution is 2.64. The molecule has 1 aromatic carbocycles. The largest absolute Gasteiger partial charge is 0.359 e. The Morgan fingerprint density at radius 2 is 1.71 bits per heavy atom. The fourth-order valence-electron chi connectivity index (χ4n) is 12.2. The Labute approximate surface area is 314 Å². The van der Waals surface area contributed by atoms with Crippen LogP contribution >= 0.6 is 11.8 Å². The van der Waals surface area contributed by atoms with Crippen molar-refractivity contribution in [2.45, 2.75) is 101 Å². The minimum absolute atomic E-state index is 0.0502. The lowest BCUT2D eigenvalue weighted by atomic mass is 9.63. The van der Waals surface area contributed by atoms with E-state index in [0.29, 0.717) is 35.0 Å². The molecule has 11 rings (SSSR count). The van der Waals surface area contributed by atoms with Crippen LogP contribution in [0, 0.1) is 23.7 Å². The lowest BCUT2D eigenvalue weighted by Crippen LogP contribution is -2.36. The van der Waals surface area contributed by atoms with Crippen molar-refractivity contribution in [2.75, 3.05) is 0 Å². The number of rotatable bonds is 3. The molecule has 1 aromatic rings. The zero-order chi connectivity index (χ0) is 34.6. The smallest absolute Gasteiger partial charge is 0.145 e. The van der Waals surface area contributed by atoms with Crippen molar-refractivity contribution in [1.82, 2.24) is 5.32 Å². The summed E-state index contributed by atoms with van der Waals surface area (Å²) in [5.41, 5.74) is 15.5. The molecule has 3 heteroatoms. The molecule has 0 aromatic heterocycles. The molecule has 8 aliphatic carbocycles. The maximum Gasteiger partial charge on any atom is 0.145 e. The molecule has 262 valence electrons. The van der Waals surface area contributed by atoms with Crippen molar-refractivity contribution in [2.24, 2.45) is 28.7 Å². The minimum atomic E-state index is -0.0502. The van der Waals surface area contributed by atoms with E-state index in [-0.39, 0.29) is 11.6 Å². The van der Waals surface area contributed by atoms with Crippen molar-refractivity contribution in [3.63, 3.8) is 0 Å². The van der Waals surface area contributed by atoms with Gasteiger partial charge in [0.2, 0.25) is 0 Å². The Balaban J connectivity index is 0.894. The van der Waals surface area contributed by atoms with E-state index in [2.05, 4.69) is 122 Å². The van der Waals surface area contributed by atoms with Gasteiger partial charge in [0, 0.05) is 40.4 Å². The SMILES string of the molecule is CC1(C)c2cc3c(cc2C2C=CC=C(C4C=CC(C5N=C6SC7=CC=CCC7C6=C(C6=CCCC=C6)N5)=CC4)C21)C1(CCCCC1)C1CC=CC=C31. The number of allylic oxidation sites excluding steroid dienone is 17. The highest BCUT2D eigenvalue weighted by Gasteiger charge is 2.54. The fraction of sp³-hybridized carbons (Fsp3) is 0.408. The van der Waals surface area contributed by atoms with E-state index in [1.807, 2.05) is 11.8 Å². The Morgan fingerprint density at radius 1 is 0.827 bits per heavy atom. The van der Waals surface area contributed by atoms with Crippen LogP contribution in [0.15, 0.2) is 141 Å². The number of fused-ring (bicyclic) bond motifs is 11. The van der Waals surface area contributed by atoms with Gasteiger partial charge in [0.1, 0.15) is 11.2 Å². The third-order valence-corrected chi connectivity index (χ3v) is 15.8. The van der Waals surface area contributed by atoms with Crippen molar-refractivity contribution in [3.8, 4) is 0 Å². The van der Waals surface area contributed by atoms with Gasteiger partial charge in [-0.15, -0.1) is 0 Å². The summed E-state index contributed by atoms with van der Waals surface area (Å²) in [5, 5.41) is 5.19. The van der Waals surface area contributed by atoms with Crippen LogP contribution in [0.4, 0.5) is 0 Å². The summed E-state index contributed by atoms with van der Waals surface area (Å²) < 4.78 is 0. The van der Waals surface area contributed by atoms with Crippen molar-refractivity contribution in [3.05, 3.63) is 158 Å². The van der Waals surface area contributed by atoms with Gasteiger partial charge in [-0.25, -0.2) is 4.99 Å². The Bertz CT molecular complexity index is 2160. The van der Waals surface area contributed by atoms with Crippen LogP contribution in [0.5, 0.6) is 0 Å². The first-order valence-electron chi connectivity index (χ1n) is 20.3. The van der Waals surface area contributed by atoms with Gasteiger partial charge < -0.3 is 5.32 Å². The summed E-state index contributed by atoms with van der Waals surface area (Å²) in [7, 11) is 0. The molecule has 1 saturated heterocycles. The molecular weight excluding hydrogens is 649 g/mol. The summed E-state index contributed by atoms with van der Waals surface area (Å²) >= 11 is 1.90. The number of hydrogen-bond acceptors (Lipinski definition) is 3. The maximum atomic E-state index is 5.41. The highest BCUT2D eigenvalue weighted by molar-refractivity contribution is 8.18. The van der Waals surface area contributed by atoms with Crippen molar-refractivity contribution < 1.29 is 0 Å². The van der Waals surface area contributed by atoms with E-state index in [1.165, 1.54) is 70.9 Å². The zero-order valence-corrected chi connectivity index (χ0v) is 31.5. The van der Waals surface area contributed by atoms with E-state index < -0.39 is 0 Å². The molecule has 1 spiro atoms. The molecule has 1 saturated carbocycles. The number of nitrogens with one attached hydrogen (secondary N) is 1. The monoisotopic (exact) mass is 698 g/mol. The van der Waals surface area contributed by atoms with E-state index in [9.17, 15) is 0 Å². The first kappa shape index (κ1) is 31.7. The molecule has 0 bridgehead atoms. The standard InChI is InChI=1S/C49H50N2S/c1-48(2)40-28-37-34-16-7-9-20-39(34)49(26-11-4-12-27-49)41(37)29-38(40)35-19-13-18-33(44(35)48)30-22-24-32(25-23-30)46-50-45(31-14-5-3-6-15-31)43-36-17-8-10-21-42(36)52-47(43)51-46/h5,7-10,13-16,18-19,21-22,24-25,28-30,35-36,39,44,46,50H,3-4,6,11-12,17,20,23,26-27H2,1-2H3. The van der Waals surface area contributed by atoms with Gasteiger partial charge >= 0.3 is 0 Å². The number of aliphatic imine (C=N–C) groups is 1. The summed E-state index contributed by atoms with van der Waals surface area (Å²) in [6.07, 6.45) is 48.4. The van der Waals surface area contributed by atoms with E-state index in [1.54, 1.807) is 33.4 Å². The number of benzene rings is 1. The lowest BCUT2D eigenvalue weighted by Gasteiger charge is -2.40. The molecule has 2 nitrogen and oxygen atoms in total.